The first-order valence-corrected chi connectivity index (χ1v) is 12.4. The maximum Gasteiger partial charge on any atom is 0.255 e. The molecule has 3 heterocycles. The van der Waals surface area contributed by atoms with Gasteiger partial charge in [0.15, 0.2) is 11.3 Å². The lowest BCUT2D eigenvalue weighted by molar-refractivity contribution is 0.0959. The Kier molecular flexibility index (Phi) is 6.18. The van der Waals surface area contributed by atoms with Crippen molar-refractivity contribution >= 4 is 46.4 Å². The van der Waals surface area contributed by atoms with Crippen LogP contribution in [0.1, 0.15) is 43.6 Å². The van der Waals surface area contributed by atoms with Gasteiger partial charge in [-0.25, -0.2) is 18.3 Å². The van der Waals surface area contributed by atoms with Crippen molar-refractivity contribution in [2.45, 2.75) is 6.04 Å². The molecule has 0 bridgehead atoms. The normalized spacial score (nSPS) is 14.1. The minimum absolute atomic E-state index is 0.0187. The molecule has 196 valence electrons. The van der Waals surface area contributed by atoms with Gasteiger partial charge in [0.25, 0.3) is 11.8 Å². The number of amides is 2. The molecular weight excluding hydrogens is 561 g/mol. The van der Waals surface area contributed by atoms with Crippen molar-refractivity contribution < 1.29 is 18.4 Å². The van der Waals surface area contributed by atoms with Gasteiger partial charge in [-0.15, -0.1) is 0 Å². The number of anilines is 1. The summed E-state index contributed by atoms with van der Waals surface area (Å²) in [5.74, 6) is -2.50. The molecule has 0 spiro atoms. The predicted octanol–water partition coefficient (Wildman–Crippen LogP) is 5.94. The van der Waals surface area contributed by atoms with E-state index >= 15 is 0 Å². The number of hydrogen-bond donors (Lipinski definition) is 2. The van der Waals surface area contributed by atoms with Crippen LogP contribution < -0.4 is 10.6 Å². The summed E-state index contributed by atoms with van der Waals surface area (Å²) in [6, 6.07) is 14.7. The third kappa shape index (κ3) is 4.31. The highest BCUT2D eigenvalue weighted by atomic mass is 35.5. The third-order valence-corrected chi connectivity index (χ3v) is 7.05. The molecule has 1 atom stereocenters. The van der Waals surface area contributed by atoms with Crippen LogP contribution in [-0.4, -0.2) is 26.4 Å². The summed E-state index contributed by atoms with van der Waals surface area (Å²) >= 11 is 12.3. The van der Waals surface area contributed by atoms with Crippen molar-refractivity contribution in [1.82, 2.24) is 19.9 Å². The second-order valence-electron chi connectivity index (χ2n) is 8.91. The Morgan fingerprint density at radius 2 is 1.85 bits per heavy atom. The molecule has 0 saturated heterocycles. The van der Waals surface area contributed by atoms with Crippen LogP contribution in [0.5, 0.6) is 0 Å². The zero-order chi connectivity index (χ0) is 28.1. The van der Waals surface area contributed by atoms with Crippen molar-refractivity contribution in [2.24, 2.45) is 0 Å². The summed E-state index contributed by atoms with van der Waals surface area (Å²) in [6.45, 7) is 0. The molecule has 5 aromatic rings. The molecule has 40 heavy (non-hydrogen) atoms. The molecule has 2 N–H and O–H groups in total. The number of nitrogens with zero attached hydrogens (tertiary/aromatic N) is 4. The smallest absolute Gasteiger partial charge is 0.255 e. The summed E-state index contributed by atoms with van der Waals surface area (Å²) in [5.41, 5.74) is 2.24. The summed E-state index contributed by atoms with van der Waals surface area (Å²) in [6.07, 6.45) is 1.30. The lowest BCUT2D eigenvalue weighted by Crippen LogP contribution is -2.21. The minimum Gasteiger partial charge on any atom is -0.341 e. The highest BCUT2D eigenvalue weighted by Gasteiger charge is 2.35. The van der Waals surface area contributed by atoms with Crippen LogP contribution >= 0.6 is 23.2 Å². The maximum atomic E-state index is 14.2. The standard InChI is InChI=1S/C28H14Cl2F2N6O2/c29-15-5-14(6-17(32)9-15)27(39)36-22-8-13(18-2-4-24-34-12-35-38(24)23(18)11-33)7-20-25(22)26(37-28(20)40)19-10-16(31)1-3-21(19)30/h1-10,12,26H,(H,36,39)(H,37,40)/t26-/m1/s1. The van der Waals surface area contributed by atoms with Gasteiger partial charge in [-0.3, -0.25) is 9.59 Å². The maximum absolute atomic E-state index is 14.2. The van der Waals surface area contributed by atoms with E-state index in [1.54, 1.807) is 24.3 Å². The lowest BCUT2D eigenvalue weighted by atomic mass is 9.92. The SMILES string of the molecule is N#Cc1c(-c2cc(NC(=O)c3cc(F)cc(Cl)c3)c3c(c2)C(=O)N[C@@H]3c2cc(F)ccc2Cl)ccc2ncnn12. The molecule has 2 aromatic heterocycles. The van der Waals surface area contributed by atoms with Crippen molar-refractivity contribution in [2.75, 3.05) is 5.32 Å². The van der Waals surface area contributed by atoms with Crippen molar-refractivity contribution in [3.05, 3.63) is 117 Å². The van der Waals surface area contributed by atoms with Gasteiger partial charge in [0.2, 0.25) is 0 Å². The molecule has 1 aliphatic rings. The number of carbonyl (C=O) groups excluding carboxylic acids is 2. The van der Waals surface area contributed by atoms with Crippen LogP contribution in [0, 0.1) is 23.0 Å². The first-order chi connectivity index (χ1) is 19.2. The Hall–Kier alpha value is -4.85. The number of carbonyl (C=O) groups is 2. The fourth-order valence-electron chi connectivity index (χ4n) is 4.77. The van der Waals surface area contributed by atoms with E-state index in [4.69, 9.17) is 23.2 Å². The number of rotatable bonds is 4. The topological polar surface area (TPSA) is 112 Å². The second-order valence-corrected chi connectivity index (χ2v) is 9.75. The van der Waals surface area contributed by atoms with Gasteiger partial charge < -0.3 is 10.6 Å². The van der Waals surface area contributed by atoms with E-state index in [0.29, 0.717) is 22.3 Å². The molecule has 0 unspecified atom stereocenters. The van der Waals surface area contributed by atoms with Gasteiger partial charge >= 0.3 is 0 Å². The quantitative estimate of drug-likeness (QED) is 0.276. The predicted molar refractivity (Wildman–Crippen MR) is 143 cm³/mol. The average Bonchev–Trinajstić information content (AvgIpc) is 3.53. The zero-order valence-corrected chi connectivity index (χ0v) is 21.6. The Balaban J connectivity index is 1.56. The Morgan fingerprint density at radius 1 is 1.02 bits per heavy atom. The van der Waals surface area contributed by atoms with Crippen LogP contribution in [0.25, 0.3) is 16.8 Å². The number of benzene rings is 3. The Morgan fingerprint density at radius 3 is 2.62 bits per heavy atom. The van der Waals surface area contributed by atoms with Crippen LogP contribution in [0.2, 0.25) is 10.0 Å². The van der Waals surface area contributed by atoms with Crippen LogP contribution in [-0.2, 0) is 0 Å². The molecule has 12 heteroatoms. The van der Waals surface area contributed by atoms with E-state index in [1.165, 1.54) is 35.1 Å². The van der Waals surface area contributed by atoms with Crippen molar-refractivity contribution in [3.8, 4) is 17.2 Å². The molecule has 0 aliphatic carbocycles. The average molecular weight is 575 g/mol. The van der Waals surface area contributed by atoms with Gasteiger partial charge in [-0.1, -0.05) is 23.2 Å². The fourth-order valence-corrected chi connectivity index (χ4v) is 5.22. The molecule has 6 rings (SSSR count). The molecule has 2 amide bonds. The first-order valence-electron chi connectivity index (χ1n) is 11.7. The summed E-state index contributed by atoms with van der Waals surface area (Å²) in [7, 11) is 0. The summed E-state index contributed by atoms with van der Waals surface area (Å²) < 4.78 is 29.6. The summed E-state index contributed by atoms with van der Waals surface area (Å²) in [4.78, 5) is 30.6. The molecule has 0 fully saturated rings. The minimum atomic E-state index is -0.917. The van der Waals surface area contributed by atoms with Gasteiger partial charge in [-0.2, -0.15) is 10.4 Å². The van der Waals surface area contributed by atoms with Crippen molar-refractivity contribution in [1.29, 1.82) is 5.26 Å². The van der Waals surface area contributed by atoms with Crippen LogP contribution in [0.15, 0.2) is 67.0 Å². The van der Waals surface area contributed by atoms with E-state index in [9.17, 15) is 23.6 Å². The largest absolute Gasteiger partial charge is 0.341 e. The van der Waals surface area contributed by atoms with E-state index < -0.39 is 29.5 Å². The fraction of sp³-hybridized carbons (Fsp3) is 0.0357. The third-order valence-electron chi connectivity index (χ3n) is 6.49. The van der Waals surface area contributed by atoms with Crippen molar-refractivity contribution in [3.63, 3.8) is 0 Å². The molecule has 8 nitrogen and oxygen atoms in total. The lowest BCUT2D eigenvalue weighted by Gasteiger charge is -2.19. The number of nitrogens with one attached hydrogen (secondary N) is 2. The Bertz CT molecular complexity index is 1910. The monoisotopic (exact) mass is 574 g/mol. The highest BCUT2D eigenvalue weighted by Crippen LogP contribution is 2.42. The van der Waals surface area contributed by atoms with E-state index in [0.717, 1.165) is 12.1 Å². The van der Waals surface area contributed by atoms with Gasteiger partial charge in [0.1, 0.15) is 24.0 Å². The number of hydrogen-bond acceptors (Lipinski definition) is 5. The van der Waals surface area contributed by atoms with E-state index in [-0.39, 0.29) is 38.1 Å². The molecule has 1 aliphatic heterocycles. The second kappa shape index (κ2) is 9.72. The Labute approximate surface area is 234 Å². The van der Waals surface area contributed by atoms with Gasteiger partial charge in [0, 0.05) is 43.5 Å². The molecule has 3 aromatic carbocycles. The van der Waals surface area contributed by atoms with Gasteiger partial charge in [0.05, 0.1) is 6.04 Å². The highest BCUT2D eigenvalue weighted by molar-refractivity contribution is 6.31. The number of nitriles is 1. The number of halogens is 4. The number of pyridine rings is 1. The molecule has 0 radical (unpaired) electrons. The molecule has 0 saturated carbocycles. The molecular formula is C28H14Cl2F2N6O2. The van der Waals surface area contributed by atoms with Gasteiger partial charge in [-0.05, 0) is 66.2 Å². The first kappa shape index (κ1) is 25.4. The van der Waals surface area contributed by atoms with Crippen LogP contribution in [0.3, 0.4) is 0 Å². The number of aromatic nitrogens is 3. The van der Waals surface area contributed by atoms with Crippen LogP contribution in [0.4, 0.5) is 14.5 Å². The number of fused-ring (bicyclic) bond motifs is 2. The van der Waals surface area contributed by atoms with E-state index in [1.807, 2.05) is 0 Å². The van der Waals surface area contributed by atoms with E-state index in [2.05, 4.69) is 26.8 Å². The summed E-state index contributed by atoms with van der Waals surface area (Å²) in [5, 5.41) is 19.8. The zero-order valence-electron chi connectivity index (χ0n) is 20.0.